The average Bonchev–Trinajstić information content (AvgIpc) is 1.87. The fraction of sp³-hybridized carbons (Fsp3) is 1.00. The lowest BCUT2D eigenvalue weighted by Crippen LogP contribution is -2.14. The number of alkyl halides is 1. The minimum atomic E-state index is -0.246. The van der Waals surface area contributed by atoms with Gasteiger partial charge >= 0.3 is 0 Å². The Labute approximate surface area is 56.2 Å². The van der Waals surface area contributed by atoms with E-state index in [0.717, 1.165) is 0 Å². The van der Waals surface area contributed by atoms with Crippen LogP contribution in [0.2, 0.25) is 0 Å². The standard InChI is InChI=1S/C7H15FO/c1-6(4-8)7(2)5-9-3/h6-7H,4-5H2,1-3H3. The largest absolute Gasteiger partial charge is 0.384 e. The van der Waals surface area contributed by atoms with Gasteiger partial charge in [0.1, 0.15) is 0 Å². The van der Waals surface area contributed by atoms with Crippen LogP contribution in [-0.2, 0) is 4.74 Å². The monoisotopic (exact) mass is 134 g/mol. The molecular formula is C7H15FO. The molecule has 2 heteroatoms. The number of hydrogen-bond acceptors (Lipinski definition) is 1. The molecular weight excluding hydrogens is 119 g/mol. The number of ether oxygens (including phenoxy) is 1. The molecule has 0 amide bonds. The summed E-state index contributed by atoms with van der Waals surface area (Å²) in [7, 11) is 1.64. The summed E-state index contributed by atoms with van der Waals surface area (Å²) in [5, 5.41) is 0. The summed E-state index contributed by atoms with van der Waals surface area (Å²) >= 11 is 0. The van der Waals surface area contributed by atoms with Gasteiger partial charge in [-0.1, -0.05) is 13.8 Å². The van der Waals surface area contributed by atoms with E-state index >= 15 is 0 Å². The molecule has 2 atom stereocenters. The predicted molar refractivity (Wildman–Crippen MR) is 36.2 cm³/mol. The van der Waals surface area contributed by atoms with E-state index in [1.54, 1.807) is 7.11 Å². The highest BCUT2D eigenvalue weighted by atomic mass is 19.1. The molecule has 0 aromatic carbocycles. The van der Waals surface area contributed by atoms with Crippen molar-refractivity contribution < 1.29 is 9.13 Å². The molecule has 0 saturated heterocycles. The predicted octanol–water partition coefficient (Wildman–Crippen LogP) is 1.87. The van der Waals surface area contributed by atoms with Gasteiger partial charge in [-0.25, -0.2) is 0 Å². The SMILES string of the molecule is COCC(C)C(C)CF. The molecule has 0 aliphatic carbocycles. The second kappa shape index (κ2) is 4.74. The highest BCUT2D eigenvalue weighted by molar-refractivity contribution is 4.58. The Morgan fingerprint density at radius 1 is 1.33 bits per heavy atom. The normalized spacial score (nSPS) is 17.3. The smallest absolute Gasteiger partial charge is 0.0923 e. The van der Waals surface area contributed by atoms with E-state index in [1.165, 1.54) is 0 Å². The van der Waals surface area contributed by atoms with Crippen molar-refractivity contribution in [1.29, 1.82) is 0 Å². The van der Waals surface area contributed by atoms with Gasteiger partial charge in [0.2, 0.25) is 0 Å². The van der Waals surface area contributed by atoms with Crippen LogP contribution in [0.15, 0.2) is 0 Å². The van der Waals surface area contributed by atoms with Crippen LogP contribution in [0.5, 0.6) is 0 Å². The molecule has 0 saturated carbocycles. The summed E-state index contributed by atoms with van der Waals surface area (Å²) in [6.45, 7) is 4.30. The molecule has 0 spiro atoms. The molecule has 0 aromatic heterocycles. The maximum atomic E-state index is 11.9. The molecule has 0 fully saturated rings. The van der Waals surface area contributed by atoms with E-state index in [9.17, 15) is 4.39 Å². The average molecular weight is 134 g/mol. The Kier molecular flexibility index (Phi) is 4.68. The third-order valence-corrected chi connectivity index (χ3v) is 1.64. The lowest BCUT2D eigenvalue weighted by Gasteiger charge is -2.14. The zero-order valence-electron chi connectivity index (χ0n) is 6.36. The summed E-state index contributed by atoms with van der Waals surface area (Å²) in [5.41, 5.74) is 0. The van der Waals surface area contributed by atoms with Gasteiger partial charge in [0.15, 0.2) is 0 Å². The van der Waals surface area contributed by atoms with Crippen LogP contribution in [0.25, 0.3) is 0 Å². The fourth-order valence-electron chi connectivity index (χ4n) is 0.579. The van der Waals surface area contributed by atoms with Crippen molar-refractivity contribution in [2.24, 2.45) is 11.8 Å². The van der Waals surface area contributed by atoms with Crippen LogP contribution in [0, 0.1) is 11.8 Å². The van der Waals surface area contributed by atoms with E-state index < -0.39 is 0 Å². The van der Waals surface area contributed by atoms with Crippen LogP contribution in [0.4, 0.5) is 4.39 Å². The molecule has 0 aliphatic heterocycles. The topological polar surface area (TPSA) is 9.23 Å². The van der Waals surface area contributed by atoms with E-state index in [2.05, 4.69) is 0 Å². The van der Waals surface area contributed by atoms with E-state index in [0.29, 0.717) is 12.5 Å². The van der Waals surface area contributed by atoms with E-state index in [4.69, 9.17) is 4.74 Å². The first-order valence-corrected chi connectivity index (χ1v) is 3.27. The first-order valence-electron chi connectivity index (χ1n) is 3.27. The Hall–Kier alpha value is -0.110. The van der Waals surface area contributed by atoms with Gasteiger partial charge in [0.05, 0.1) is 6.67 Å². The molecule has 0 N–H and O–H groups in total. The molecule has 0 aromatic rings. The maximum Gasteiger partial charge on any atom is 0.0923 e. The zero-order chi connectivity index (χ0) is 7.28. The summed E-state index contributed by atoms with van der Waals surface area (Å²) in [6, 6.07) is 0. The summed E-state index contributed by atoms with van der Waals surface area (Å²) in [5.74, 6) is 0.463. The Morgan fingerprint density at radius 3 is 2.22 bits per heavy atom. The van der Waals surface area contributed by atoms with Gasteiger partial charge in [-0.2, -0.15) is 0 Å². The molecule has 0 rings (SSSR count). The van der Waals surface area contributed by atoms with E-state index in [-0.39, 0.29) is 12.6 Å². The van der Waals surface area contributed by atoms with Crippen LogP contribution < -0.4 is 0 Å². The van der Waals surface area contributed by atoms with Crippen LogP contribution in [0.1, 0.15) is 13.8 Å². The summed E-state index contributed by atoms with van der Waals surface area (Å²) < 4.78 is 16.8. The van der Waals surface area contributed by atoms with Gasteiger partial charge < -0.3 is 4.74 Å². The van der Waals surface area contributed by atoms with Crippen molar-refractivity contribution in [3.8, 4) is 0 Å². The molecule has 0 aliphatic rings. The maximum absolute atomic E-state index is 11.9. The molecule has 0 heterocycles. The van der Waals surface area contributed by atoms with Crippen molar-refractivity contribution in [2.75, 3.05) is 20.4 Å². The molecule has 56 valence electrons. The van der Waals surface area contributed by atoms with Gasteiger partial charge in [-0.05, 0) is 11.8 Å². The highest BCUT2D eigenvalue weighted by Crippen LogP contribution is 2.10. The molecule has 0 radical (unpaired) electrons. The van der Waals surface area contributed by atoms with Crippen molar-refractivity contribution in [1.82, 2.24) is 0 Å². The fourth-order valence-corrected chi connectivity index (χ4v) is 0.579. The third kappa shape index (κ3) is 3.46. The number of methoxy groups -OCH3 is 1. The Bertz CT molecular complexity index is 65.9. The minimum Gasteiger partial charge on any atom is -0.384 e. The van der Waals surface area contributed by atoms with Crippen LogP contribution in [0.3, 0.4) is 0 Å². The third-order valence-electron chi connectivity index (χ3n) is 1.64. The van der Waals surface area contributed by atoms with Crippen LogP contribution in [-0.4, -0.2) is 20.4 Å². The molecule has 0 bridgehead atoms. The minimum absolute atomic E-state index is 0.130. The van der Waals surface area contributed by atoms with Gasteiger partial charge in [-0.3, -0.25) is 4.39 Å². The Balaban J connectivity index is 3.32. The second-order valence-corrected chi connectivity index (χ2v) is 2.56. The zero-order valence-corrected chi connectivity index (χ0v) is 6.36. The number of halogens is 1. The first kappa shape index (κ1) is 8.89. The van der Waals surface area contributed by atoms with Crippen LogP contribution >= 0.6 is 0 Å². The van der Waals surface area contributed by atoms with Crippen molar-refractivity contribution in [3.63, 3.8) is 0 Å². The van der Waals surface area contributed by atoms with Gasteiger partial charge in [0.25, 0.3) is 0 Å². The highest BCUT2D eigenvalue weighted by Gasteiger charge is 2.10. The summed E-state index contributed by atoms with van der Waals surface area (Å²) in [6.07, 6.45) is 0. The lowest BCUT2D eigenvalue weighted by molar-refractivity contribution is 0.124. The quantitative estimate of drug-likeness (QED) is 0.570. The number of rotatable bonds is 4. The summed E-state index contributed by atoms with van der Waals surface area (Å²) in [4.78, 5) is 0. The molecule has 2 unspecified atom stereocenters. The van der Waals surface area contributed by atoms with Crippen molar-refractivity contribution >= 4 is 0 Å². The first-order chi connectivity index (χ1) is 4.22. The van der Waals surface area contributed by atoms with Gasteiger partial charge in [0, 0.05) is 13.7 Å². The molecule has 9 heavy (non-hydrogen) atoms. The Morgan fingerprint density at radius 2 is 1.89 bits per heavy atom. The number of hydrogen-bond donors (Lipinski definition) is 0. The lowest BCUT2D eigenvalue weighted by atomic mass is 9.99. The van der Waals surface area contributed by atoms with Crippen molar-refractivity contribution in [2.45, 2.75) is 13.8 Å². The van der Waals surface area contributed by atoms with Gasteiger partial charge in [-0.15, -0.1) is 0 Å². The molecule has 1 nitrogen and oxygen atoms in total. The van der Waals surface area contributed by atoms with E-state index in [1.807, 2.05) is 13.8 Å². The van der Waals surface area contributed by atoms with Crippen molar-refractivity contribution in [3.05, 3.63) is 0 Å². The second-order valence-electron chi connectivity index (χ2n) is 2.56.